The number of hydrogen-bond donors (Lipinski definition) is 1. The summed E-state index contributed by atoms with van der Waals surface area (Å²) in [4.78, 5) is 24.6. The first kappa shape index (κ1) is 13.4. The van der Waals surface area contributed by atoms with Crippen molar-refractivity contribution in [1.82, 2.24) is 4.90 Å². The third-order valence-corrected chi connectivity index (χ3v) is 4.70. The van der Waals surface area contributed by atoms with E-state index < -0.39 is 6.09 Å². The summed E-state index contributed by atoms with van der Waals surface area (Å²) in [5.74, 6) is 0.479. The van der Waals surface area contributed by atoms with E-state index in [9.17, 15) is 9.59 Å². The van der Waals surface area contributed by atoms with Crippen LogP contribution in [-0.4, -0.2) is 35.0 Å². The molecular weight excluding hydrogens is 230 g/mol. The van der Waals surface area contributed by atoms with E-state index in [1.165, 1.54) is 4.90 Å². The standard InChI is InChI=1S/C14H23NO3/c1-13(2,3)11-10(16)4-5-14(11)6-8-15(9-7-14)12(17)18/h11H,4-9H2,1-3H3,(H,17,18). The van der Waals surface area contributed by atoms with Crippen molar-refractivity contribution >= 4 is 11.9 Å². The predicted molar refractivity (Wildman–Crippen MR) is 68.5 cm³/mol. The fourth-order valence-electron chi connectivity index (χ4n) is 4.09. The van der Waals surface area contributed by atoms with Crippen LogP contribution in [0.3, 0.4) is 0 Å². The highest BCUT2D eigenvalue weighted by atomic mass is 16.4. The van der Waals surface area contributed by atoms with Crippen LogP contribution in [0.2, 0.25) is 0 Å². The molecule has 0 radical (unpaired) electrons. The number of carbonyl (C=O) groups is 2. The van der Waals surface area contributed by atoms with Gasteiger partial charge in [0.15, 0.2) is 0 Å². The zero-order valence-corrected chi connectivity index (χ0v) is 11.5. The summed E-state index contributed by atoms with van der Waals surface area (Å²) in [6.07, 6.45) is 2.47. The van der Waals surface area contributed by atoms with Gasteiger partial charge in [0.2, 0.25) is 0 Å². The summed E-state index contributed by atoms with van der Waals surface area (Å²) in [6, 6.07) is 0. The smallest absolute Gasteiger partial charge is 0.407 e. The maximum Gasteiger partial charge on any atom is 0.407 e. The zero-order valence-electron chi connectivity index (χ0n) is 11.5. The molecule has 2 fully saturated rings. The summed E-state index contributed by atoms with van der Waals surface area (Å²) in [7, 11) is 0. The lowest BCUT2D eigenvalue weighted by Crippen LogP contribution is -2.47. The lowest BCUT2D eigenvalue weighted by molar-refractivity contribution is -0.127. The summed E-state index contributed by atoms with van der Waals surface area (Å²) >= 11 is 0. The van der Waals surface area contributed by atoms with E-state index in [4.69, 9.17) is 5.11 Å². The molecule has 1 saturated heterocycles. The largest absolute Gasteiger partial charge is 0.465 e. The summed E-state index contributed by atoms with van der Waals surface area (Å²) < 4.78 is 0. The molecule has 4 nitrogen and oxygen atoms in total. The van der Waals surface area contributed by atoms with Gasteiger partial charge < -0.3 is 10.0 Å². The molecule has 1 unspecified atom stereocenters. The van der Waals surface area contributed by atoms with Crippen LogP contribution in [0.15, 0.2) is 0 Å². The van der Waals surface area contributed by atoms with Crippen molar-refractivity contribution in [3.05, 3.63) is 0 Å². The quantitative estimate of drug-likeness (QED) is 0.722. The second-order valence-corrected chi connectivity index (χ2v) is 6.90. The lowest BCUT2D eigenvalue weighted by atomic mass is 9.61. The molecule has 18 heavy (non-hydrogen) atoms. The van der Waals surface area contributed by atoms with Crippen LogP contribution in [0.5, 0.6) is 0 Å². The molecule has 4 heteroatoms. The van der Waals surface area contributed by atoms with Gasteiger partial charge in [-0.15, -0.1) is 0 Å². The van der Waals surface area contributed by atoms with E-state index in [-0.39, 0.29) is 16.7 Å². The Labute approximate surface area is 108 Å². The van der Waals surface area contributed by atoms with Crippen molar-refractivity contribution in [2.24, 2.45) is 16.7 Å². The first-order valence-electron chi connectivity index (χ1n) is 6.77. The van der Waals surface area contributed by atoms with Crippen molar-refractivity contribution in [1.29, 1.82) is 0 Å². The Balaban J connectivity index is 2.17. The van der Waals surface area contributed by atoms with Crippen LogP contribution in [0.1, 0.15) is 46.5 Å². The highest BCUT2D eigenvalue weighted by Crippen LogP contribution is 2.55. The van der Waals surface area contributed by atoms with E-state index in [1.807, 2.05) is 0 Å². The molecule has 1 N–H and O–H groups in total. The number of nitrogens with zero attached hydrogens (tertiary/aromatic N) is 1. The maximum absolute atomic E-state index is 12.2. The molecule has 2 aliphatic rings. The lowest BCUT2D eigenvalue weighted by Gasteiger charge is -2.46. The van der Waals surface area contributed by atoms with Crippen molar-refractivity contribution < 1.29 is 14.7 Å². The number of Topliss-reactive ketones (excluding diaryl/α,β-unsaturated/α-hetero) is 1. The average molecular weight is 253 g/mol. The Kier molecular flexibility index (Phi) is 3.16. The van der Waals surface area contributed by atoms with E-state index in [1.54, 1.807) is 0 Å². The summed E-state index contributed by atoms with van der Waals surface area (Å²) in [5, 5.41) is 9.01. The zero-order chi connectivity index (χ0) is 13.6. The molecule has 1 amide bonds. The molecule has 1 aliphatic carbocycles. The summed E-state index contributed by atoms with van der Waals surface area (Å²) in [5.41, 5.74) is 0.0419. The molecule has 102 valence electrons. The van der Waals surface area contributed by atoms with Gasteiger partial charge in [-0.3, -0.25) is 4.79 Å². The Morgan fingerprint density at radius 2 is 1.83 bits per heavy atom. The minimum Gasteiger partial charge on any atom is -0.465 e. The minimum absolute atomic E-state index is 0.0149. The van der Waals surface area contributed by atoms with Crippen molar-refractivity contribution in [3.63, 3.8) is 0 Å². The number of amides is 1. The van der Waals surface area contributed by atoms with Gasteiger partial charge in [0, 0.05) is 25.4 Å². The number of likely N-dealkylation sites (tertiary alicyclic amines) is 1. The second kappa shape index (κ2) is 4.25. The minimum atomic E-state index is -0.832. The van der Waals surface area contributed by atoms with Gasteiger partial charge >= 0.3 is 6.09 Å². The first-order valence-corrected chi connectivity index (χ1v) is 6.77. The summed E-state index contributed by atoms with van der Waals surface area (Å²) in [6.45, 7) is 7.55. The molecule has 1 spiro atoms. The Hall–Kier alpha value is -1.06. The van der Waals surface area contributed by atoms with Gasteiger partial charge in [-0.25, -0.2) is 4.79 Å². The number of carboxylic acid groups (broad SMARTS) is 1. The van der Waals surface area contributed by atoms with E-state index in [0.717, 1.165) is 19.3 Å². The molecule has 0 aromatic carbocycles. The topological polar surface area (TPSA) is 57.6 Å². The van der Waals surface area contributed by atoms with Gasteiger partial charge in [0.05, 0.1) is 0 Å². The fourth-order valence-corrected chi connectivity index (χ4v) is 4.09. The van der Waals surface area contributed by atoms with Crippen LogP contribution in [0.25, 0.3) is 0 Å². The fraction of sp³-hybridized carbons (Fsp3) is 0.857. The first-order chi connectivity index (χ1) is 8.26. The number of rotatable bonds is 0. The van der Waals surface area contributed by atoms with Gasteiger partial charge in [0.1, 0.15) is 5.78 Å². The number of carbonyl (C=O) groups excluding carboxylic acids is 1. The van der Waals surface area contributed by atoms with Crippen LogP contribution < -0.4 is 0 Å². The van der Waals surface area contributed by atoms with E-state index >= 15 is 0 Å². The second-order valence-electron chi connectivity index (χ2n) is 6.90. The van der Waals surface area contributed by atoms with Crippen molar-refractivity contribution in [2.75, 3.05) is 13.1 Å². The van der Waals surface area contributed by atoms with Crippen molar-refractivity contribution in [3.8, 4) is 0 Å². The Morgan fingerprint density at radius 3 is 2.28 bits per heavy atom. The molecule has 1 aliphatic heterocycles. The normalized spacial score (nSPS) is 27.8. The number of piperidine rings is 1. The molecular formula is C14H23NO3. The Bertz CT molecular complexity index is 362. The molecule has 1 saturated carbocycles. The van der Waals surface area contributed by atoms with Crippen LogP contribution in [0.4, 0.5) is 4.79 Å². The van der Waals surface area contributed by atoms with Crippen LogP contribution in [0, 0.1) is 16.7 Å². The third kappa shape index (κ3) is 2.13. The van der Waals surface area contributed by atoms with Gasteiger partial charge in [-0.2, -0.15) is 0 Å². The van der Waals surface area contributed by atoms with E-state index in [2.05, 4.69) is 20.8 Å². The van der Waals surface area contributed by atoms with Gasteiger partial charge in [-0.05, 0) is 30.1 Å². The molecule has 2 rings (SSSR count). The molecule has 1 atom stereocenters. The van der Waals surface area contributed by atoms with Gasteiger partial charge in [0.25, 0.3) is 0 Å². The number of ketones is 1. The third-order valence-electron chi connectivity index (χ3n) is 4.70. The molecule has 0 aromatic heterocycles. The molecule has 0 bridgehead atoms. The average Bonchev–Trinajstić information content (AvgIpc) is 2.56. The van der Waals surface area contributed by atoms with Crippen molar-refractivity contribution in [2.45, 2.75) is 46.5 Å². The Morgan fingerprint density at radius 1 is 1.28 bits per heavy atom. The number of hydrogen-bond acceptors (Lipinski definition) is 2. The van der Waals surface area contributed by atoms with Crippen LogP contribution >= 0.6 is 0 Å². The monoisotopic (exact) mass is 253 g/mol. The predicted octanol–water partition coefficient (Wildman–Crippen LogP) is 2.77. The molecule has 1 heterocycles. The van der Waals surface area contributed by atoms with E-state index in [0.29, 0.717) is 25.3 Å². The molecule has 0 aromatic rings. The maximum atomic E-state index is 12.2. The SMILES string of the molecule is CC(C)(C)C1C(=O)CCC12CCN(C(=O)O)CC2. The highest BCUT2D eigenvalue weighted by molar-refractivity contribution is 5.85. The van der Waals surface area contributed by atoms with Crippen LogP contribution in [-0.2, 0) is 4.79 Å². The highest BCUT2D eigenvalue weighted by Gasteiger charge is 2.53. The van der Waals surface area contributed by atoms with Gasteiger partial charge in [-0.1, -0.05) is 20.8 Å².